The number of amides is 15. The maximum absolute atomic E-state index is 15.1. The first-order chi connectivity index (χ1) is 56.2. The maximum Gasteiger partial charge on any atom is 0.409 e. The van der Waals surface area contributed by atoms with Crippen molar-refractivity contribution in [2.24, 2.45) is 40.7 Å². The zero-order valence-corrected chi connectivity index (χ0v) is 72.1. The lowest BCUT2D eigenvalue weighted by Gasteiger charge is -2.41. The molecule has 6 rings (SSSR count). The number of nitrogens with one attached hydrogen (secondary N) is 7. The number of hydroxylamine groups is 2. The number of benzene rings is 2. The predicted octanol–water partition coefficient (Wildman–Crippen LogP) is 5.46. The molecule has 1 unspecified atom stereocenters. The zero-order chi connectivity index (χ0) is 88.3. The number of ether oxygens (including phenoxy) is 4. The molecule has 15 amide bonds. The van der Waals surface area contributed by atoms with Crippen LogP contribution in [0.4, 0.5) is 28.9 Å². The van der Waals surface area contributed by atoms with E-state index in [0.29, 0.717) is 60.6 Å². The first kappa shape index (κ1) is 98.2. The number of urea groups is 1. The predicted molar refractivity (Wildman–Crippen MR) is 435 cm³/mol. The summed E-state index contributed by atoms with van der Waals surface area (Å²) < 4.78 is 52.7. The molecule has 3 heterocycles. The van der Waals surface area contributed by atoms with Crippen LogP contribution in [0, 0.1) is 46.6 Å². The number of carbonyl (C=O) groups is 15. The minimum atomic E-state index is -1.17. The number of primary amides is 1. The number of likely N-dealkylation sites (tertiary alicyclic amines) is 2. The summed E-state index contributed by atoms with van der Waals surface area (Å²) in [6, 6.07) is 3.64. The van der Waals surface area contributed by atoms with Crippen LogP contribution in [0.2, 0.25) is 0 Å². The first-order valence-electron chi connectivity index (χ1n) is 40.9. The molecule has 4 aliphatic rings. The molecule has 0 radical (unpaired) electrons. The number of hydrogen-bond acceptors (Lipinski definition) is 22. The van der Waals surface area contributed by atoms with Gasteiger partial charge in [0.2, 0.25) is 53.2 Å². The number of anilines is 1. The summed E-state index contributed by atoms with van der Waals surface area (Å²) >= 11 is 1.29. The number of halogens is 2. The summed E-state index contributed by atoms with van der Waals surface area (Å²) in [5, 5.41) is 18.9. The molecule has 3 aliphatic heterocycles. The second kappa shape index (κ2) is 46.8. The zero-order valence-electron chi connectivity index (χ0n) is 71.3. The van der Waals surface area contributed by atoms with Crippen LogP contribution >= 0.6 is 11.8 Å². The Bertz CT molecular complexity index is 3830. The Hall–Kier alpha value is -9.62. The number of hydrogen-bond donors (Lipinski definition) is 8. The highest BCUT2D eigenvalue weighted by atomic mass is 32.2. The van der Waals surface area contributed by atoms with Gasteiger partial charge in [-0.2, -0.15) is 0 Å². The molecule has 1 saturated carbocycles. The van der Waals surface area contributed by atoms with Gasteiger partial charge in [-0.3, -0.25) is 62.5 Å². The van der Waals surface area contributed by atoms with Crippen molar-refractivity contribution in [2.45, 2.75) is 231 Å². The third-order valence-electron chi connectivity index (χ3n) is 22.2. The van der Waals surface area contributed by atoms with E-state index in [1.54, 1.807) is 71.1 Å². The number of imide groups is 2. The number of thioether (sulfide) groups is 1. The Morgan fingerprint density at radius 3 is 1.96 bits per heavy atom. The van der Waals surface area contributed by atoms with Crippen molar-refractivity contribution in [3.8, 4) is 0 Å². The lowest BCUT2D eigenvalue weighted by molar-refractivity contribution is -0.198. The number of likely N-dealkylation sites (N-methyl/N-ethyl adjacent to an activating group) is 3. The average molecular weight is 1700 g/mol. The molecule has 12 atom stereocenters. The average Bonchev–Trinajstić information content (AvgIpc) is 1.67. The third kappa shape index (κ3) is 29.1. The largest absolute Gasteiger partial charge is 0.445 e. The topological polar surface area (TPSA) is 432 Å². The smallest absolute Gasteiger partial charge is 0.409 e. The van der Waals surface area contributed by atoms with Crippen LogP contribution in [-0.2, 0) is 94.3 Å². The highest BCUT2D eigenvalue weighted by molar-refractivity contribution is 8.00. The van der Waals surface area contributed by atoms with Crippen molar-refractivity contribution in [3.05, 3.63) is 65.2 Å². The number of nitrogens with zero attached hydrogens (tertiary/aromatic N) is 6. The summed E-state index contributed by atoms with van der Waals surface area (Å²) in [6.07, 6.45) is -1.68. The summed E-state index contributed by atoms with van der Waals surface area (Å²) in [6.45, 7) is 15.9. The van der Waals surface area contributed by atoms with E-state index in [4.69, 9.17) is 29.5 Å². The molecule has 1 aliphatic carbocycles. The van der Waals surface area contributed by atoms with Gasteiger partial charge in [-0.25, -0.2) is 28.0 Å². The Kier molecular flexibility index (Phi) is 38.6. The van der Waals surface area contributed by atoms with Crippen molar-refractivity contribution in [1.29, 1.82) is 0 Å². The molecule has 9 N–H and O–H groups in total. The van der Waals surface area contributed by atoms with Gasteiger partial charge in [-0.15, -0.1) is 16.8 Å². The second-order valence-corrected chi connectivity index (χ2v) is 33.8. The molecule has 3 saturated heterocycles. The molecule has 2 aromatic rings. The van der Waals surface area contributed by atoms with E-state index in [9.17, 15) is 75.9 Å². The van der Waals surface area contributed by atoms with E-state index in [1.807, 2.05) is 41.5 Å². The summed E-state index contributed by atoms with van der Waals surface area (Å²) in [5.41, 5.74) is 5.41. The molecule has 34 nitrogen and oxygen atoms in total. The quantitative estimate of drug-likeness (QED) is 0.0301. The van der Waals surface area contributed by atoms with Gasteiger partial charge in [0, 0.05) is 110 Å². The Labute approximate surface area is 699 Å². The molecular weight excluding hydrogens is 1570 g/mol. The van der Waals surface area contributed by atoms with Gasteiger partial charge >= 0.3 is 24.2 Å². The molecule has 0 aromatic heterocycles. The number of alkyl carbamates (subject to hydrolysis) is 1. The molecule has 0 bridgehead atoms. The fourth-order valence-corrected chi connectivity index (χ4v) is 16.5. The number of methoxy groups -OCH3 is 2. The highest BCUT2D eigenvalue weighted by Crippen LogP contribution is 2.52. The van der Waals surface area contributed by atoms with Gasteiger partial charge in [0.1, 0.15) is 42.5 Å². The molecule has 4 fully saturated rings. The number of carbonyl (C=O) groups excluding carboxylic acids is 15. The van der Waals surface area contributed by atoms with Crippen molar-refractivity contribution in [1.82, 2.24) is 61.5 Å². The van der Waals surface area contributed by atoms with Gasteiger partial charge in [0.15, 0.2) is 0 Å². The number of unbranched alkanes of at least 4 members (excludes halogenated alkanes) is 2. The van der Waals surface area contributed by atoms with Crippen LogP contribution in [0.3, 0.4) is 0 Å². The second-order valence-electron chi connectivity index (χ2n) is 32.6. The number of rotatable bonds is 48. The van der Waals surface area contributed by atoms with Crippen LogP contribution in [0.5, 0.6) is 0 Å². The van der Waals surface area contributed by atoms with Crippen molar-refractivity contribution in [3.63, 3.8) is 0 Å². The van der Waals surface area contributed by atoms with E-state index < -0.39 is 154 Å². The Morgan fingerprint density at radius 2 is 1.37 bits per heavy atom. The van der Waals surface area contributed by atoms with Gasteiger partial charge in [0.25, 0.3) is 11.8 Å². The standard InChI is InChI=1S/C82H124F2N14O20S/c1-16-50(8)71(95(13)78(110)69(48(4)5)92-76(108)70(49(6)7)93(10)11)60(114-14)41-65(102)97-44-54(40-59(97)72(115-15)51(9)73(105)86-36-32-55-56(83)22-20-23-57(55)84)117-81(113)94(12)39-37-88-80(112)116-45-52-26-28-53(29-27-52)89-74(106)58(24-21-35-87-79(85)111)90-75(107)68(47(2)3)91-62(99)25-18-17-19-38-96-66(103)42-61(77(96)109)119-46-82(33-34-82)43-67(104)118-98-63(100)30-31-64(98)101/h20,22-23,26-29,47-51,54,58-61,68-72H,16-19,21,24-25,30-46H2,1-15H3,(H,86,105)(H,88,112)(H,89,106)(H,90,107)(H,91,99)(H,92,108)(H3,85,87,111)/t50-,51+,54-,58-,59-,60+,61?,68-,69-,70-,71-,72+/m0/s1. The number of nitrogens with two attached hydrogens (primary N) is 1. The highest BCUT2D eigenvalue weighted by Gasteiger charge is 2.50. The van der Waals surface area contributed by atoms with E-state index >= 15 is 4.79 Å². The minimum absolute atomic E-state index is 0.00226. The normalized spacial score (nSPS) is 18.6. The molecule has 0 spiro atoms. The maximum atomic E-state index is 15.1. The lowest BCUT2D eigenvalue weighted by Crippen LogP contribution is -2.59. The van der Waals surface area contributed by atoms with Crippen molar-refractivity contribution >= 4 is 107 Å². The van der Waals surface area contributed by atoms with E-state index in [0.717, 1.165) is 12.1 Å². The van der Waals surface area contributed by atoms with Crippen molar-refractivity contribution in [2.75, 3.05) is 92.7 Å². The van der Waals surface area contributed by atoms with Gasteiger partial charge in [0.05, 0.1) is 60.9 Å². The third-order valence-corrected chi connectivity index (χ3v) is 23.7. The van der Waals surface area contributed by atoms with Crippen LogP contribution < -0.4 is 43.0 Å². The van der Waals surface area contributed by atoms with Crippen LogP contribution in [-0.4, -0.2) is 266 Å². The SMILES string of the molecule is CC[C@H](C)[C@@H]([C@@H](CC(=O)N1C[C@@H](OC(=O)N(C)CCNC(=O)OCc2ccc(NC(=O)[C@H](CCCNC(N)=O)NC(=O)[C@@H](NC(=O)CCCCCN3C(=O)CC(SCC4(CC(=O)ON5C(=O)CCC5=O)CC4)C3=O)C(C)C)cc2)C[C@H]1[C@H](OC)[C@@H](C)C(=O)NCCc1c(F)cccc1F)OC)N(C)C(=O)[C@@H](NC(=O)[C@H](C(C)C)N(C)C)C(C)C. The molecular formula is C82H124F2N14O20S. The molecule has 662 valence electrons. The lowest BCUT2D eigenvalue weighted by atomic mass is 9.89. The fourth-order valence-electron chi connectivity index (χ4n) is 15.0. The summed E-state index contributed by atoms with van der Waals surface area (Å²) in [5.74, 6) is -9.17. The minimum Gasteiger partial charge on any atom is -0.445 e. The fraction of sp³-hybridized carbons (Fsp3) is 0.671. The molecule has 119 heavy (non-hydrogen) atoms. The van der Waals surface area contributed by atoms with Gasteiger partial charge in [-0.1, -0.05) is 93.4 Å². The van der Waals surface area contributed by atoms with E-state index in [1.165, 1.54) is 58.7 Å². The van der Waals surface area contributed by atoms with Crippen LogP contribution in [0.15, 0.2) is 42.5 Å². The van der Waals surface area contributed by atoms with Gasteiger partial charge in [-0.05, 0) is 118 Å². The van der Waals surface area contributed by atoms with E-state index in [2.05, 4.69) is 37.2 Å². The molecule has 37 heteroatoms. The summed E-state index contributed by atoms with van der Waals surface area (Å²) in [4.78, 5) is 212. The Balaban J connectivity index is 0.994. The monoisotopic (exact) mass is 1690 g/mol. The molecule has 2 aromatic carbocycles. The van der Waals surface area contributed by atoms with Crippen LogP contribution in [0.1, 0.15) is 170 Å². The van der Waals surface area contributed by atoms with Crippen LogP contribution in [0.25, 0.3) is 0 Å². The summed E-state index contributed by atoms with van der Waals surface area (Å²) in [7, 11) is 9.44. The first-order valence-corrected chi connectivity index (χ1v) is 42.0. The van der Waals surface area contributed by atoms with E-state index in [-0.39, 0.29) is 157 Å². The Morgan fingerprint density at radius 1 is 0.714 bits per heavy atom. The van der Waals surface area contributed by atoms with Crippen molar-refractivity contribution < 1.29 is 104 Å². The van der Waals surface area contributed by atoms with Gasteiger partial charge < -0.3 is 81.4 Å².